The van der Waals surface area contributed by atoms with Crippen LogP contribution in [0.1, 0.15) is 84.0 Å². The van der Waals surface area contributed by atoms with Gasteiger partial charge in [-0.3, -0.25) is 4.79 Å². The fraction of sp³-hybridized carbons (Fsp3) is 0.944. The van der Waals surface area contributed by atoms with E-state index in [2.05, 4.69) is 22.9 Å². The lowest BCUT2D eigenvalue weighted by molar-refractivity contribution is -0.144. The van der Waals surface area contributed by atoms with Crippen LogP contribution in [-0.4, -0.2) is 31.1 Å². The number of alkyl halides is 1. The van der Waals surface area contributed by atoms with Crippen molar-refractivity contribution in [2.24, 2.45) is 0 Å². The van der Waals surface area contributed by atoms with Gasteiger partial charge in [-0.05, 0) is 19.3 Å². The van der Waals surface area contributed by atoms with Crippen molar-refractivity contribution in [3.63, 3.8) is 0 Å². The fourth-order valence-electron chi connectivity index (χ4n) is 2.40. The Morgan fingerprint density at radius 3 is 2.09 bits per heavy atom. The Labute approximate surface area is 145 Å². The zero-order chi connectivity index (χ0) is 16.5. The molecule has 3 nitrogen and oxygen atoms in total. The van der Waals surface area contributed by atoms with Gasteiger partial charge in [-0.25, -0.2) is 0 Å². The Bertz CT molecular complexity index is 242. The Morgan fingerprint density at radius 2 is 1.55 bits per heavy atom. The van der Waals surface area contributed by atoms with Crippen molar-refractivity contribution < 1.29 is 14.3 Å². The van der Waals surface area contributed by atoms with Gasteiger partial charge in [0, 0.05) is 18.9 Å². The standard InChI is InChI=1S/C18H35BrO3/c1-3-4-5-6-7-8-9-10-11-15-22-18(20)14-12-13-17(16-19)21-2/h17H,3-16H2,1-2H3. The van der Waals surface area contributed by atoms with Crippen LogP contribution in [0.15, 0.2) is 0 Å². The van der Waals surface area contributed by atoms with Gasteiger partial charge in [-0.15, -0.1) is 0 Å². The number of methoxy groups -OCH3 is 1. The molecule has 0 radical (unpaired) electrons. The molecule has 0 aromatic heterocycles. The average molecular weight is 379 g/mol. The molecule has 1 unspecified atom stereocenters. The number of carbonyl (C=O) groups is 1. The largest absolute Gasteiger partial charge is 0.466 e. The number of hydrogen-bond acceptors (Lipinski definition) is 3. The molecule has 0 N–H and O–H groups in total. The molecule has 0 aromatic rings. The maximum absolute atomic E-state index is 11.6. The van der Waals surface area contributed by atoms with Crippen LogP contribution >= 0.6 is 15.9 Å². The first kappa shape index (κ1) is 21.9. The number of carbonyl (C=O) groups excluding carboxylic acids is 1. The summed E-state index contributed by atoms with van der Waals surface area (Å²) in [4.78, 5) is 11.6. The van der Waals surface area contributed by atoms with Crippen LogP contribution in [0, 0.1) is 0 Å². The molecule has 0 aliphatic carbocycles. The second kappa shape index (κ2) is 17.3. The van der Waals surface area contributed by atoms with Crippen molar-refractivity contribution in [2.45, 2.75) is 90.1 Å². The maximum atomic E-state index is 11.6. The third-order valence-corrected chi connectivity index (χ3v) is 4.65. The highest BCUT2D eigenvalue weighted by molar-refractivity contribution is 9.09. The van der Waals surface area contributed by atoms with Crippen LogP contribution in [-0.2, 0) is 14.3 Å². The van der Waals surface area contributed by atoms with E-state index in [-0.39, 0.29) is 12.1 Å². The zero-order valence-electron chi connectivity index (χ0n) is 14.6. The molecule has 0 aliphatic rings. The Kier molecular flexibility index (Phi) is 17.2. The second-order valence-electron chi connectivity index (χ2n) is 5.95. The SMILES string of the molecule is CCCCCCCCCCCOC(=O)CCCC(CBr)OC. The highest BCUT2D eigenvalue weighted by atomic mass is 79.9. The lowest BCUT2D eigenvalue weighted by Crippen LogP contribution is -2.13. The van der Waals surface area contributed by atoms with Gasteiger partial charge in [0.05, 0.1) is 12.7 Å². The van der Waals surface area contributed by atoms with Crippen molar-refractivity contribution in [2.75, 3.05) is 19.0 Å². The van der Waals surface area contributed by atoms with Crippen LogP contribution in [0.25, 0.3) is 0 Å². The number of esters is 1. The summed E-state index contributed by atoms with van der Waals surface area (Å²) in [5.41, 5.74) is 0. The quantitative estimate of drug-likeness (QED) is 0.198. The van der Waals surface area contributed by atoms with Crippen molar-refractivity contribution in [3.8, 4) is 0 Å². The predicted molar refractivity (Wildman–Crippen MR) is 96.6 cm³/mol. The van der Waals surface area contributed by atoms with Gasteiger partial charge < -0.3 is 9.47 Å². The van der Waals surface area contributed by atoms with Gasteiger partial charge >= 0.3 is 5.97 Å². The van der Waals surface area contributed by atoms with E-state index >= 15 is 0 Å². The van der Waals surface area contributed by atoms with E-state index in [4.69, 9.17) is 9.47 Å². The molecular weight excluding hydrogens is 344 g/mol. The molecule has 1 atom stereocenters. The summed E-state index contributed by atoms with van der Waals surface area (Å²) in [6.45, 7) is 2.83. The van der Waals surface area contributed by atoms with Gasteiger partial charge in [0.2, 0.25) is 0 Å². The molecule has 0 spiro atoms. The van der Waals surface area contributed by atoms with Crippen molar-refractivity contribution in [1.82, 2.24) is 0 Å². The van der Waals surface area contributed by atoms with Gasteiger partial charge in [0.15, 0.2) is 0 Å². The highest BCUT2D eigenvalue weighted by Crippen LogP contribution is 2.10. The molecule has 0 heterocycles. The molecule has 0 saturated carbocycles. The molecule has 0 bridgehead atoms. The topological polar surface area (TPSA) is 35.5 Å². The molecule has 132 valence electrons. The number of rotatable bonds is 16. The van der Waals surface area contributed by atoms with Crippen LogP contribution in [0.5, 0.6) is 0 Å². The van der Waals surface area contributed by atoms with Gasteiger partial charge in [0.1, 0.15) is 0 Å². The summed E-state index contributed by atoms with van der Waals surface area (Å²) in [7, 11) is 1.70. The van der Waals surface area contributed by atoms with E-state index in [1.807, 2.05) is 0 Å². The molecule has 0 aliphatic heterocycles. The summed E-state index contributed by atoms with van der Waals surface area (Å²) >= 11 is 3.39. The van der Waals surface area contributed by atoms with E-state index < -0.39 is 0 Å². The summed E-state index contributed by atoms with van der Waals surface area (Å²) in [6, 6.07) is 0. The molecule has 22 heavy (non-hydrogen) atoms. The third kappa shape index (κ3) is 14.8. The van der Waals surface area contributed by atoms with Crippen LogP contribution < -0.4 is 0 Å². The number of unbranched alkanes of at least 4 members (excludes halogenated alkanes) is 8. The van der Waals surface area contributed by atoms with Gasteiger partial charge in [-0.2, -0.15) is 0 Å². The fourth-order valence-corrected chi connectivity index (χ4v) is 2.99. The second-order valence-corrected chi connectivity index (χ2v) is 6.60. The zero-order valence-corrected chi connectivity index (χ0v) is 16.2. The Morgan fingerprint density at radius 1 is 0.955 bits per heavy atom. The molecule has 0 aromatic carbocycles. The monoisotopic (exact) mass is 378 g/mol. The van der Waals surface area contributed by atoms with E-state index in [1.165, 1.54) is 51.4 Å². The maximum Gasteiger partial charge on any atom is 0.305 e. The van der Waals surface area contributed by atoms with Crippen molar-refractivity contribution in [1.29, 1.82) is 0 Å². The summed E-state index contributed by atoms with van der Waals surface area (Å²) in [6.07, 6.45) is 14.0. The lowest BCUT2D eigenvalue weighted by atomic mass is 10.1. The Hall–Kier alpha value is -0.0900. The summed E-state index contributed by atoms with van der Waals surface area (Å²) < 4.78 is 10.5. The highest BCUT2D eigenvalue weighted by Gasteiger charge is 2.08. The number of halogens is 1. The predicted octanol–water partition coefficient (Wildman–Crippen LogP) is 5.64. The lowest BCUT2D eigenvalue weighted by Gasteiger charge is -2.11. The van der Waals surface area contributed by atoms with Crippen molar-refractivity contribution in [3.05, 3.63) is 0 Å². The molecule has 0 saturated heterocycles. The average Bonchev–Trinajstić information content (AvgIpc) is 2.53. The summed E-state index contributed by atoms with van der Waals surface area (Å²) in [5, 5.41) is 0.816. The normalized spacial score (nSPS) is 12.3. The van der Waals surface area contributed by atoms with Crippen LogP contribution in [0.3, 0.4) is 0 Å². The molecule has 0 amide bonds. The van der Waals surface area contributed by atoms with Crippen LogP contribution in [0.2, 0.25) is 0 Å². The van der Waals surface area contributed by atoms with E-state index in [9.17, 15) is 4.79 Å². The number of ether oxygens (including phenoxy) is 2. The van der Waals surface area contributed by atoms with Crippen LogP contribution in [0.4, 0.5) is 0 Å². The van der Waals surface area contributed by atoms with Gasteiger partial charge in [0.25, 0.3) is 0 Å². The smallest absolute Gasteiger partial charge is 0.305 e. The molecular formula is C18H35BrO3. The van der Waals surface area contributed by atoms with Crippen molar-refractivity contribution >= 4 is 21.9 Å². The number of hydrogen-bond donors (Lipinski definition) is 0. The minimum atomic E-state index is -0.0657. The molecule has 0 fully saturated rings. The molecule has 0 rings (SSSR count). The van der Waals surface area contributed by atoms with E-state index in [1.54, 1.807) is 7.11 Å². The summed E-state index contributed by atoms with van der Waals surface area (Å²) in [5.74, 6) is -0.0657. The Balaban J connectivity index is 3.25. The van der Waals surface area contributed by atoms with E-state index in [0.29, 0.717) is 13.0 Å². The first-order valence-electron chi connectivity index (χ1n) is 8.99. The minimum Gasteiger partial charge on any atom is -0.466 e. The third-order valence-electron chi connectivity index (χ3n) is 3.92. The van der Waals surface area contributed by atoms with E-state index in [0.717, 1.165) is 24.6 Å². The molecule has 4 heteroatoms. The minimum absolute atomic E-state index is 0.0657. The van der Waals surface area contributed by atoms with Gasteiger partial charge in [-0.1, -0.05) is 74.2 Å². The first-order valence-corrected chi connectivity index (χ1v) is 10.1. The first-order chi connectivity index (χ1) is 10.7.